The lowest BCUT2D eigenvalue weighted by molar-refractivity contribution is -0.122. The number of hydrazone groups is 1. The molecule has 8 heteroatoms. The summed E-state index contributed by atoms with van der Waals surface area (Å²) < 4.78 is 0.630. The van der Waals surface area contributed by atoms with Gasteiger partial charge < -0.3 is 5.11 Å². The Balaban J connectivity index is 1.40. The molecule has 40 heavy (non-hydrogen) atoms. The van der Waals surface area contributed by atoms with Crippen LogP contribution in [0.25, 0.3) is 0 Å². The van der Waals surface area contributed by atoms with Crippen molar-refractivity contribution in [3.63, 3.8) is 0 Å². The van der Waals surface area contributed by atoms with E-state index in [1.54, 1.807) is 36.5 Å². The van der Waals surface area contributed by atoms with Gasteiger partial charge >= 0.3 is 0 Å². The van der Waals surface area contributed by atoms with Crippen LogP contribution in [0, 0.1) is 11.8 Å². The zero-order valence-electron chi connectivity index (χ0n) is 21.0. The van der Waals surface area contributed by atoms with Gasteiger partial charge in [-0.2, -0.15) is 5.10 Å². The average molecular weight is 592 g/mol. The molecule has 8 rings (SSSR count). The van der Waals surface area contributed by atoms with E-state index in [4.69, 9.17) is 0 Å². The van der Waals surface area contributed by atoms with E-state index in [2.05, 4.69) is 26.5 Å². The SMILES string of the molecule is O=C(N/N=C/C12c3ccccc3C(c3ccccc31)[C@H]1C(=O)N(c3ccccc3)C(=O)[C@H]12)c1cc(Br)ccc1O. The van der Waals surface area contributed by atoms with Crippen molar-refractivity contribution in [3.8, 4) is 5.75 Å². The van der Waals surface area contributed by atoms with Crippen LogP contribution in [0.5, 0.6) is 5.75 Å². The molecule has 196 valence electrons. The van der Waals surface area contributed by atoms with E-state index >= 15 is 0 Å². The molecule has 1 heterocycles. The van der Waals surface area contributed by atoms with Gasteiger partial charge in [0.1, 0.15) is 5.75 Å². The van der Waals surface area contributed by atoms with Gasteiger partial charge in [0.2, 0.25) is 11.8 Å². The van der Waals surface area contributed by atoms with Crippen molar-refractivity contribution in [2.24, 2.45) is 16.9 Å². The molecule has 2 atom stereocenters. The number of amides is 3. The molecule has 0 unspecified atom stereocenters. The Morgan fingerprint density at radius 1 is 0.875 bits per heavy atom. The van der Waals surface area contributed by atoms with E-state index in [-0.39, 0.29) is 29.0 Å². The first-order chi connectivity index (χ1) is 19.4. The third kappa shape index (κ3) is 3.29. The summed E-state index contributed by atoms with van der Waals surface area (Å²) >= 11 is 3.32. The maximum Gasteiger partial charge on any atom is 0.275 e. The standard InChI is InChI=1S/C32H22BrN3O4/c33-18-14-15-25(37)22(16-18)29(38)35-34-17-32-23-12-6-4-10-20(23)26(21-11-5-7-13-24(21)32)27-28(32)31(40)36(30(27)39)19-8-2-1-3-9-19/h1-17,26-28,37H,(H,35,38)/b34-17+/t26?,27-,28+,32?/m1/s1. The first-order valence-electron chi connectivity index (χ1n) is 12.9. The minimum Gasteiger partial charge on any atom is -0.507 e. The van der Waals surface area contributed by atoms with Crippen molar-refractivity contribution < 1.29 is 19.5 Å². The van der Waals surface area contributed by atoms with Crippen molar-refractivity contribution in [1.29, 1.82) is 0 Å². The van der Waals surface area contributed by atoms with Crippen LogP contribution in [-0.4, -0.2) is 29.0 Å². The number of phenols is 1. The first-order valence-corrected chi connectivity index (χ1v) is 13.7. The van der Waals surface area contributed by atoms with Crippen molar-refractivity contribution in [2.75, 3.05) is 4.90 Å². The summed E-state index contributed by atoms with van der Waals surface area (Å²) in [6.45, 7) is 0. The quantitative estimate of drug-likeness (QED) is 0.195. The zero-order valence-corrected chi connectivity index (χ0v) is 22.6. The third-order valence-corrected chi connectivity index (χ3v) is 8.83. The molecule has 2 N–H and O–H groups in total. The Morgan fingerprint density at radius 2 is 1.50 bits per heavy atom. The van der Waals surface area contributed by atoms with Gasteiger partial charge in [-0.1, -0.05) is 82.7 Å². The highest BCUT2D eigenvalue weighted by atomic mass is 79.9. The smallest absolute Gasteiger partial charge is 0.275 e. The van der Waals surface area contributed by atoms with E-state index in [0.717, 1.165) is 22.3 Å². The molecule has 4 aromatic carbocycles. The predicted molar refractivity (Wildman–Crippen MR) is 153 cm³/mol. The van der Waals surface area contributed by atoms with Crippen molar-refractivity contribution in [1.82, 2.24) is 5.43 Å². The molecular formula is C32H22BrN3O4. The highest BCUT2D eigenvalue weighted by Crippen LogP contribution is 2.63. The Morgan fingerprint density at radius 3 is 2.17 bits per heavy atom. The number of benzene rings is 4. The van der Waals surface area contributed by atoms with Gasteiger partial charge in [-0.05, 0) is 52.6 Å². The molecule has 3 aliphatic carbocycles. The van der Waals surface area contributed by atoms with Gasteiger partial charge in [0.25, 0.3) is 5.91 Å². The molecule has 0 radical (unpaired) electrons. The summed E-state index contributed by atoms with van der Waals surface area (Å²) in [7, 11) is 0. The van der Waals surface area contributed by atoms with Crippen LogP contribution in [-0.2, 0) is 15.0 Å². The Bertz CT molecular complexity index is 1700. The lowest BCUT2D eigenvalue weighted by atomic mass is 9.47. The number of para-hydroxylation sites is 1. The Labute approximate surface area is 238 Å². The molecule has 0 saturated carbocycles. The summed E-state index contributed by atoms with van der Waals surface area (Å²) in [6.07, 6.45) is 1.60. The van der Waals surface area contributed by atoms with Crippen LogP contribution >= 0.6 is 15.9 Å². The maximum absolute atomic E-state index is 14.3. The first kappa shape index (κ1) is 24.5. The van der Waals surface area contributed by atoms with Gasteiger partial charge in [-0.3, -0.25) is 14.4 Å². The number of phenolic OH excluding ortho intramolecular Hbond substituents is 1. The van der Waals surface area contributed by atoms with E-state index in [0.29, 0.717) is 10.2 Å². The fourth-order valence-corrected chi connectivity index (χ4v) is 7.19. The van der Waals surface area contributed by atoms with Crippen LogP contribution in [0.3, 0.4) is 0 Å². The second-order valence-electron chi connectivity index (χ2n) is 10.2. The summed E-state index contributed by atoms with van der Waals surface area (Å²) in [4.78, 5) is 42.7. The number of anilines is 1. The molecular weight excluding hydrogens is 570 g/mol. The second-order valence-corrected chi connectivity index (χ2v) is 11.1. The number of halogens is 1. The number of rotatable bonds is 4. The van der Waals surface area contributed by atoms with Crippen LogP contribution in [0.1, 0.15) is 38.5 Å². The fraction of sp³-hybridized carbons (Fsp3) is 0.125. The normalized spacial score (nSPS) is 24.1. The fourth-order valence-electron chi connectivity index (χ4n) is 6.82. The number of hydrogen-bond donors (Lipinski definition) is 2. The van der Waals surface area contributed by atoms with Crippen LogP contribution in [0.4, 0.5) is 5.69 Å². The van der Waals surface area contributed by atoms with Crippen molar-refractivity contribution >= 4 is 45.6 Å². The minimum atomic E-state index is -1.10. The topological polar surface area (TPSA) is 99.1 Å². The van der Waals surface area contributed by atoms with Gasteiger partial charge in [0.15, 0.2) is 0 Å². The number of nitrogens with one attached hydrogen (secondary N) is 1. The lowest BCUT2D eigenvalue weighted by Gasteiger charge is -2.52. The van der Waals surface area contributed by atoms with Crippen molar-refractivity contribution in [2.45, 2.75) is 11.3 Å². The highest BCUT2D eigenvalue weighted by Gasteiger charge is 2.68. The zero-order chi connectivity index (χ0) is 27.6. The molecule has 4 aromatic rings. The van der Waals surface area contributed by atoms with Gasteiger partial charge in [-0.25, -0.2) is 10.3 Å². The van der Waals surface area contributed by atoms with Crippen LogP contribution in [0.2, 0.25) is 0 Å². The second kappa shape index (κ2) is 8.99. The molecule has 1 saturated heterocycles. The molecule has 0 aromatic heterocycles. The number of imide groups is 1. The summed E-state index contributed by atoms with van der Waals surface area (Å²) in [5.41, 5.74) is 5.75. The van der Waals surface area contributed by atoms with E-state index in [1.807, 2.05) is 54.6 Å². The van der Waals surface area contributed by atoms with Gasteiger partial charge in [-0.15, -0.1) is 0 Å². The monoisotopic (exact) mass is 591 g/mol. The van der Waals surface area contributed by atoms with Gasteiger partial charge in [0.05, 0.1) is 28.5 Å². The summed E-state index contributed by atoms with van der Waals surface area (Å²) in [6, 6.07) is 29.2. The van der Waals surface area contributed by atoms with E-state index < -0.39 is 23.2 Å². The number of nitrogens with zero attached hydrogens (tertiary/aromatic N) is 2. The van der Waals surface area contributed by atoms with E-state index in [9.17, 15) is 19.5 Å². The average Bonchev–Trinajstić information content (AvgIpc) is 3.25. The minimum absolute atomic E-state index is 0.0532. The largest absolute Gasteiger partial charge is 0.507 e. The molecule has 0 spiro atoms. The van der Waals surface area contributed by atoms with Gasteiger partial charge in [0, 0.05) is 16.6 Å². The number of carbonyl (C=O) groups excluding carboxylic acids is 3. The molecule has 7 nitrogen and oxygen atoms in total. The predicted octanol–water partition coefficient (Wildman–Crippen LogP) is 5.12. The lowest BCUT2D eigenvalue weighted by Crippen LogP contribution is -2.54. The van der Waals surface area contributed by atoms with Crippen LogP contribution < -0.4 is 10.3 Å². The molecule has 1 fully saturated rings. The summed E-state index contributed by atoms with van der Waals surface area (Å²) in [5.74, 6) is -2.99. The number of carbonyl (C=O) groups is 3. The Hall–Kier alpha value is -4.56. The molecule has 1 aliphatic heterocycles. The number of hydrogen-bond acceptors (Lipinski definition) is 5. The van der Waals surface area contributed by atoms with Crippen LogP contribution in [0.15, 0.2) is 107 Å². The summed E-state index contributed by atoms with van der Waals surface area (Å²) in [5, 5.41) is 14.6. The molecule has 4 aliphatic rings. The van der Waals surface area contributed by atoms with Crippen molar-refractivity contribution in [3.05, 3.63) is 129 Å². The number of aromatic hydroxyl groups is 1. The maximum atomic E-state index is 14.3. The third-order valence-electron chi connectivity index (χ3n) is 8.34. The molecule has 2 bridgehead atoms. The molecule has 3 amide bonds. The van der Waals surface area contributed by atoms with E-state index in [1.165, 1.54) is 17.0 Å². The highest BCUT2D eigenvalue weighted by molar-refractivity contribution is 9.10. The Kier molecular flexibility index (Phi) is 5.50.